The summed E-state index contributed by atoms with van der Waals surface area (Å²) in [7, 11) is 0. The third-order valence-corrected chi connectivity index (χ3v) is 5.62. The molecule has 0 aromatic rings. The van der Waals surface area contributed by atoms with Crippen molar-refractivity contribution in [2.24, 2.45) is 4.99 Å². The number of aliphatic imine (C=N–C) groups is 1. The van der Waals surface area contributed by atoms with E-state index in [2.05, 4.69) is 18.8 Å². The van der Waals surface area contributed by atoms with E-state index in [0.29, 0.717) is 19.8 Å². The van der Waals surface area contributed by atoms with Gasteiger partial charge in [-0.2, -0.15) is 0 Å². The molecule has 0 radical (unpaired) electrons. The van der Waals surface area contributed by atoms with Crippen LogP contribution in [0.2, 0.25) is 4.82 Å². The molecular weight excluding hydrogens is 265 g/mol. The Morgan fingerprint density at radius 2 is 2.12 bits per heavy atom. The summed E-state index contributed by atoms with van der Waals surface area (Å²) in [5.74, 6) is 0. The van der Waals surface area contributed by atoms with E-state index in [1.807, 2.05) is 6.92 Å². The van der Waals surface area contributed by atoms with Gasteiger partial charge in [0.1, 0.15) is 0 Å². The van der Waals surface area contributed by atoms with E-state index in [1.165, 1.54) is 36.7 Å². The maximum atomic E-state index is 10.1. The monoisotopic (exact) mass is 291 g/mol. The van der Waals surface area contributed by atoms with Crippen LogP contribution < -0.4 is 0 Å². The van der Waals surface area contributed by atoms with E-state index in [9.17, 15) is 5.11 Å². The molecule has 0 saturated heterocycles. The number of nitrogens with zero attached hydrogens (tertiary/aromatic N) is 1. The molecular formula is C13H25NOSe. The summed E-state index contributed by atoms with van der Waals surface area (Å²) in [6.45, 7) is 6.32. The van der Waals surface area contributed by atoms with E-state index in [0.717, 1.165) is 12.8 Å². The van der Waals surface area contributed by atoms with E-state index in [-0.39, 0.29) is 0 Å². The molecule has 2 nitrogen and oxygen atoms in total. The van der Waals surface area contributed by atoms with E-state index >= 15 is 0 Å². The molecule has 0 aromatic carbocycles. The predicted molar refractivity (Wildman–Crippen MR) is 71.2 cm³/mol. The van der Waals surface area contributed by atoms with Gasteiger partial charge in [-0.15, -0.1) is 0 Å². The zero-order chi connectivity index (χ0) is 12.0. The van der Waals surface area contributed by atoms with Crippen LogP contribution in [-0.4, -0.2) is 30.4 Å². The van der Waals surface area contributed by atoms with Gasteiger partial charge in [0, 0.05) is 0 Å². The standard InChI is InChI=1S/C13H25NOSe/c1-4-6-7-9-12-14-13(3,15)10-11(16-12)8-5-2/h11,15H,4-10H2,1-3H3. The van der Waals surface area contributed by atoms with Crippen LogP contribution >= 0.6 is 0 Å². The Balaban J connectivity index is 2.50. The van der Waals surface area contributed by atoms with Crippen molar-refractivity contribution in [2.75, 3.05) is 0 Å². The molecule has 0 saturated carbocycles. The fraction of sp³-hybridized carbons (Fsp3) is 0.923. The van der Waals surface area contributed by atoms with Crippen molar-refractivity contribution in [1.82, 2.24) is 0 Å². The zero-order valence-corrected chi connectivity index (χ0v) is 12.5. The third kappa shape index (κ3) is 4.99. The molecule has 94 valence electrons. The van der Waals surface area contributed by atoms with Crippen LogP contribution in [0.3, 0.4) is 0 Å². The van der Waals surface area contributed by atoms with Crippen LogP contribution in [0.4, 0.5) is 0 Å². The molecule has 0 fully saturated rings. The number of hydrogen-bond donors (Lipinski definition) is 1. The first kappa shape index (κ1) is 14.2. The molecule has 0 aliphatic carbocycles. The topological polar surface area (TPSA) is 32.6 Å². The van der Waals surface area contributed by atoms with Crippen LogP contribution in [0.15, 0.2) is 4.99 Å². The number of rotatable bonds is 6. The molecule has 0 bridgehead atoms. The Hall–Kier alpha value is 0.149. The van der Waals surface area contributed by atoms with Crippen molar-refractivity contribution in [1.29, 1.82) is 0 Å². The van der Waals surface area contributed by atoms with Crippen molar-refractivity contribution in [3.63, 3.8) is 0 Å². The van der Waals surface area contributed by atoms with E-state index < -0.39 is 5.72 Å². The van der Waals surface area contributed by atoms with Crippen LogP contribution in [0.1, 0.15) is 65.7 Å². The van der Waals surface area contributed by atoms with Crippen LogP contribution in [-0.2, 0) is 0 Å². The Kier molecular flexibility index (Phi) is 6.02. The summed E-state index contributed by atoms with van der Waals surface area (Å²) in [4.78, 5) is 5.23. The van der Waals surface area contributed by atoms with Crippen LogP contribution in [0.5, 0.6) is 0 Å². The van der Waals surface area contributed by atoms with Crippen molar-refractivity contribution in [3.05, 3.63) is 0 Å². The summed E-state index contributed by atoms with van der Waals surface area (Å²) >= 11 is 0.534. The molecule has 0 amide bonds. The van der Waals surface area contributed by atoms with Gasteiger partial charge >= 0.3 is 106 Å². The zero-order valence-electron chi connectivity index (χ0n) is 10.8. The van der Waals surface area contributed by atoms with Gasteiger partial charge in [0.05, 0.1) is 0 Å². The van der Waals surface area contributed by atoms with Crippen LogP contribution in [0, 0.1) is 0 Å². The van der Waals surface area contributed by atoms with Gasteiger partial charge in [0.15, 0.2) is 0 Å². The summed E-state index contributed by atoms with van der Waals surface area (Å²) in [5, 5.41) is 10.1. The van der Waals surface area contributed by atoms with Crippen LogP contribution in [0.25, 0.3) is 0 Å². The molecule has 1 rings (SSSR count). The third-order valence-electron chi connectivity index (χ3n) is 2.89. The Labute approximate surface area is 106 Å². The Bertz CT molecular complexity index is 238. The number of aliphatic hydroxyl groups is 1. The fourth-order valence-electron chi connectivity index (χ4n) is 2.13. The average molecular weight is 290 g/mol. The van der Waals surface area contributed by atoms with Gasteiger partial charge in [0.2, 0.25) is 0 Å². The first-order chi connectivity index (χ1) is 7.57. The number of hydrogen-bond acceptors (Lipinski definition) is 2. The average Bonchev–Trinajstić information content (AvgIpc) is 2.16. The normalized spacial score (nSPS) is 30.2. The molecule has 1 aliphatic rings. The van der Waals surface area contributed by atoms with Gasteiger partial charge in [-0.3, -0.25) is 0 Å². The Morgan fingerprint density at radius 3 is 2.75 bits per heavy atom. The first-order valence-corrected chi connectivity index (χ1v) is 8.39. The van der Waals surface area contributed by atoms with Gasteiger partial charge in [-0.1, -0.05) is 0 Å². The second-order valence-corrected chi connectivity index (χ2v) is 7.79. The minimum absolute atomic E-state index is 0.534. The van der Waals surface area contributed by atoms with E-state index in [4.69, 9.17) is 0 Å². The van der Waals surface area contributed by atoms with E-state index in [1.54, 1.807) is 0 Å². The molecule has 1 heterocycles. The minimum atomic E-state index is -0.776. The summed E-state index contributed by atoms with van der Waals surface area (Å²) in [6, 6.07) is 0. The summed E-state index contributed by atoms with van der Waals surface area (Å²) in [5.41, 5.74) is -0.776. The van der Waals surface area contributed by atoms with Crippen molar-refractivity contribution in [3.8, 4) is 0 Å². The second-order valence-electron chi connectivity index (χ2n) is 4.91. The molecule has 3 heteroatoms. The summed E-state index contributed by atoms with van der Waals surface area (Å²) < 4.78 is 1.32. The van der Waals surface area contributed by atoms with Crippen molar-refractivity contribution < 1.29 is 5.11 Å². The maximum absolute atomic E-state index is 10.1. The number of unbranched alkanes of at least 4 members (excludes halogenated alkanes) is 2. The predicted octanol–water partition coefficient (Wildman–Crippen LogP) is 3.37. The van der Waals surface area contributed by atoms with Gasteiger partial charge in [0.25, 0.3) is 0 Å². The second kappa shape index (κ2) is 6.78. The molecule has 0 aromatic heterocycles. The van der Waals surface area contributed by atoms with Gasteiger partial charge in [-0.25, -0.2) is 0 Å². The van der Waals surface area contributed by atoms with Crippen molar-refractivity contribution in [2.45, 2.75) is 76.3 Å². The van der Waals surface area contributed by atoms with Crippen molar-refractivity contribution >= 4 is 19.6 Å². The molecule has 2 unspecified atom stereocenters. The molecule has 0 spiro atoms. The Morgan fingerprint density at radius 1 is 1.38 bits per heavy atom. The molecule has 1 N–H and O–H groups in total. The summed E-state index contributed by atoms with van der Waals surface area (Å²) in [6.07, 6.45) is 8.26. The molecule has 2 atom stereocenters. The first-order valence-electron chi connectivity index (χ1n) is 6.55. The van der Waals surface area contributed by atoms with Gasteiger partial charge in [-0.05, 0) is 0 Å². The molecule has 1 aliphatic heterocycles. The SMILES string of the molecule is CCCCCC1=NC(C)(O)CC(CCC)[Se]1. The fourth-order valence-corrected chi connectivity index (χ4v) is 5.59. The molecule has 16 heavy (non-hydrogen) atoms. The van der Waals surface area contributed by atoms with Gasteiger partial charge < -0.3 is 0 Å². The quantitative estimate of drug-likeness (QED) is 0.590.